The third-order valence-electron chi connectivity index (χ3n) is 2.93. The zero-order valence-electron chi connectivity index (χ0n) is 10.5. The van der Waals surface area contributed by atoms with Crippen molar-refractivity contribution < 1.29 is 9.90 Å². The van der Waals surface area contributed by atoms with Crippen LogP contribution in [0.25, 0.3) is 0 Å². The van der Waals surface area contributed by atoms with Gasteiger partial charge >= 0.3 is 0 Å². The van der Waals surface area contributed by atoms with Gasteiger partial charge in [0.15, 0.2) is 0 Å². The molecule has 2 unspecified atom stereocenters. The summed E-state index contributed by atoms with van der Waals surface area (Å²) in [6.45, 7) is 2.61. The zero-order valence-corrected chi connectivity index (χ0v) is 10.5. The van der Waals surface area contributed by atoms with Gasteiger partial charge in [0.2, 0.25) is 5.91 Å². The van der Waals surface area contributed by atoms with Crippen LogP contribution >= 0.6 is 0 Å². The molecule has 1 aromatic heterocycles. The molecule has 0 aliphatic heterocycles. The van der Waals surface area contributed by atoms with Gasteiger partial charge in [-0.05, 0) is 25.8 Å². The summed E-state index contributed by atoms with van der Waals surface area (Å²) in [6.07, 6.45) is 5.08. The predicted molar refractivity (Wildman–Crippen MR) is 66.9 cm³/mol. The van der Waals surface area contributed by atoms with Crippen LogP contribution in [-0.4, -0.2) is 45.5 Å². The fourth-order valence-electron chi connectivity index (χ4n) is 1.65. The Morgan fingerprint density at radius 3 is 3.00 bits per heavy atom. The summed E-state index contributed by atoms with van der Waals surface area (Å²) in [5.41, 5.74) is 0. The van der Waals surface area contributed by atoms with Gasteiger partial charge in [0.25, 0.3) is 0 Å². The van der Waals surface area contributed by atoms with Crippen LogP contribution in [0.3, 0.4) is 0 Å². The minimum Gasteiger partial charge on any atom is -0.390 e. The predicted octanol–water partition coefficient (Wildman–Crippen LogP) is -0.499. The molecule has 1 heterocycles. The Labute approximate surface area is 106 Å². The molecule has 3 N–H and O–H groups in total. The second-order valence-electron chi connectivity index (χ2n) is 4.79. The van der Waals surface area contributed by atoms with Crippen molar-refractivity contribution in [2.24, 2.45) is 0 Å². The standard InChI is InChI=1S/C12H20N4O2/c1-9(12(18)15-10-3-4-10)13-7-11(17)8-16-6-2-5-14-16/h2,5-6,9-11,13,17H,3-4,7-8H2,1H3,(H,15,18). The molecule has 0 radical (unpaired) electrons. The quantitative estimate of drug-likeness (QED) is 0.611. The average Bonchev–Trinajstić information content (AvgIpc) is 3.00. The van der Waals surface area contributed by atoms with Crippen molar-refractivity contribution in [3.63, 3.8) is 0 Å². The summed E-state index contributed by atoms with van der Waals surface area (Å²) in [5, 5.41) is 19.8. The van der Waals surface area contributed by atoms with Gasteiger partial charge < -0.3 is 15.7 Å². The Morgan fingerprint density at radius 2 is 2.39 bits per heavy atom. The zero-order chi connectivity index (χ0) is 13.0. The largest absolute Gasteiger partial charge is 0.390 e. The monoisotopic (exact) mass is 252 g/mol. The van der Waals surface area contributed by atoms with Crippen LogP contribution in [0, 0.1) is 0 Å². The highest BCUT2D eigenvalue weighted by Gasteiger charge is 2.25. The lowest BCUT2D eigenvalue weighted by Gasteiger charge is -2.17. The maximum absolute atomic E-state index is 11.7. The van der Waals surface area contributed by atoms with Gasteiger partial charge in [-0.25, -0.2) is 0 Å². The molecule has 6 heteroatoms. The normalized spacial score (nSPS) is 18.3. The molecule has 1 aliphatic carbocycles. The number of hydrogen-bond acceptors (Lipinski definition) is 4. The van der Waals surface area contributed by atoms with E-state index in [-0.39, 0.29) is 11.9 Å². The molecule has 1 aliphatic rings. The smallest absolute Gasteiger partial charge is 0.237 e. The minimum absolute atomic E-state index is 0.00351. The summed E-state index contributed by atoms with van der Waals surface area (Å²) in [4.78, 5) is 11.7. The van der Waals surface area contributed by atoms with Gasteiger partial charge in [-0.2, -0.15) is 5.10 Å². The lowest BCUT2D eigenvalue weighted by Crippen LogP contribution is -2.46. The van der Waals surface area contributed by atoms with E-state index in [1.807, 2.05) is 6.07 Å². The van der Waals surface area contributed by atoms with Gasteiger partial charge in [-0.3, -0.25) is 9.48 Å². The van der Waals surface area contributed by atoms with Crippen molar-refractivity contribution in [1.82, 2.24) is 20.4 Å². The van der Waals surface area contributed by atoms with Crippen LogP contribution in [-0.2, 0) is 11.3 Å². The molecule has 0 saturated heterocycles. The van der Waals surface area contributed by atoms with Crippen LogP contribution < -0.4 is 10.6 Å². The number of hydrogen-bond donors (Lipinski definition) is 3. The highest BCUT2D eigenvalue weighted by molar-refractivity contribution is 5.81. The number of rotatable bonds is 7. The van der Waals surface area contributed by atoms with Gasteiger partial charge in [-0.1, -0.05) is 0 Å². The van der Waals surface area contributed by atoms with E-state index in [4.69, 9.17) is 0 Å². The topological polar surface area (TPSA) is 79.2 Å². The number of amides is 1. The highest BCUT2D eigenvalue weighted by atomic mass is 16.3. The lowest BCUT2D eigenvalue weighted by molar-refractivity contribution is -0.123. The summed E-state index contributed by atoms with van der Waals surface area (Å²) in [5.74, 6) is 0.00351. The molecule has 100 valence electrons. The molecule has 1 fully saturated rings. The Morgan fingerprint density at radius 1 is 1.61 bits per heavy atom. The van der Waals surface area contributed by atoms with E-state index < -0.39 is 6.10 Å². The van der Waals surface area contributed by atoms with Crippen LogP contribution in [0.5, 0.6) is 0 Å². The molecular formula is C12H20N4O2. The molecule has 0 aromatic carbocycles. The van der Waals surface area contributed by atoms with Crippen molar-refractivity contribution in [1.29, 1.82) is 0 Å². The van der Waals surface area contributed by atoms with Crippen LogP contribution in [0.15, 0.2) is 18.5 Å². The number of nitrogens with one attached hydrogen (secondary N) is 2. The summed E-state index contributed by atoms with van der Waals surface area (Å²) < 4.78 is 1.67. The van der Waals surface area contributed by atoms with Crippen LogP contribution in [0.4, 0.5) is 0 Å². The summed E-state index contributed by atoms with van der Waals surface area (Å²) in [7, 11) is 0. The fourth-order valence-corrected chi connectivity index (χ4v) is 1.65. The summed E-state index contributed by atoms with van der Waals surface area (Å²) >= 11 is 0. The molecule has 18 heavy (non-hydrogen) atoms. The number of aromatic nitrogens is 2. The number of aliphatic hydroxyl groups excluding tert-OH is 1. The van der Waals surface area contributed by atoms with Crippen molar-refractivity contribution >= 4 is 5.91 Å². The van der Waals surface area contributed by atoms with Crippen molar-refractivity contribution in [3.8, 4) is 0 Å². The molecular weight excluding hydrogens is 232 g/mol. The molecule has 1 aromatic rings. The van der Waals surface area contributed by atoms with Gasteiger partial charge in [0.05, 0.1) is 18.7 Å². The van der Waals surface area contributed by atoms with Gasteiger partial charge in [0, 0.05) is 25.0 Å². The number of carbonyl (C=O) groups is 1. The first-order chi connectivity index (χ1) is 8.65. The summed E-state index contributed by atoms with van der Waals surface area (Å²) in [6, 6.07) is 1.90. The molecule has 1 saturated carbocycles. The first-order valence-corrected chi connectivity index (χ1v) is 6.34. The third-order valence-corrected chi connectivity index (χ3v) is 2.93. The third kappa shape index (κ3) is 4.12. The molecule has 2 atom stereocenters. The van der Waals surface area contributed by atoms with E-state index in [2.05, 4.69) is 15.7 Å². The van der Waals surface area contributed by atoms with Gasteiger partial charge in [0.1, 0.15) is 0 Å². The van der Waals surface area contributed by atoms with Crippen LogP contribution in [0.1, 0.15) is 19.8 Å². The minimum atomic E-state index is -0.555. The number of carbonyl (C=O) groups excluding carboxylic acids is 1. The number of nitrogens with zero attached hydrogens (tertiary/aromatic N) is 2. The first-order valence-electron chi connectivity index (χ1n) is 6.34. The Bertz CT molecular complexity index is 375. The Balaban J connectivity index is 1.64. The highest BCUT2D eigenvalue weighted by Crippen LogP contribution is 2.18. The Hall–Kier alpha value is -1.40. The fraction of sp³-hybridized carbons (Fsp3) is 0.667. The Kier molecular flexibility index (Phi) is 4.33. The SMILES string of the molecule is CC(NCC(O)Cn1cccn1)C(=O)NC1CC1. The average molecular weight is 252 g/mol. The van der Waals surface area contributed by atoms with Crippen LogP contribution in [0.2, 0.25) is 0 Å². The first kappa shape index (κ1) is 13.0. The van der Waals surface area contributed by atoms with E-state index in [1.165, 1.54) is 0 Å². The van der Waals surface area contributed by atoms with E-state index in [0.717, 1.165) is 12.8 Å². The van der Waals surface area contributed by atoms with E-state index in [1.54, 1.807) is 24.0 Å². The van der Waals surface area contributed by atoms with Gasteiger partial charge in [-0.15, -0.1) is 0 Å². The molecule has 0 bridgehead atoms. The van der Waals surface area contributed by atoms with E-state index in [9.17, 15) is 9.90 Å². The lowest BCUT2D eigenvalue weighted by atomic mass is 10.2. The van der Waals surface area contributed by atoms with Crippen molar-refractivity contribution in [2.75, 3.05) is 6.54 Å². The second kappa shape index (κ2) is 5.97. The van der Waals surface area contributed by atoms with E-state index >= 15 is 0 Å². The maximum Gasteiger partial charge on any atom is 0.237 e. The maximum atomic E-state index is 11.7. The van der Waals surface area contributed by atoms with Crippen molar-refractivity contribution in [3.05, 3.63) is 18.5 Å². The van der Waals surface area contributed by atoms with Crippen molar-refractivity contribution in [2.45, 2.75) is 44.5 Å². The molecule has 6 nitrogen and oxygen atoms in total. The molecule has 2 rings (SSSR count). The molecule has 1 amide bonds. The molecule has 0 spiro atoms. The van der Waals surface area contributed by atoms with E-state index in [0.29, 0.717) is 19.1 Å². The second-order valence-corrected chi connectivity index (χ2v) is 4.79. The number of aliphatic hydroxyl groups is 1.